The third kappa shape index (κ3) is 8.20. The fourth-order valence-electron chi connectivity index (χ4n) is 4.94. The SMILES string of the molecule is CN(c1cc(F)c(N2CCN(C(=O)OC(C)(C)C)CC2)c(F)c1)c1ccc(OCc2ccccc2)nc1OCc1ccccc1. The van der Waals surface area contributed by atoms with E-state index in [4.69, 9.17) is 14.2 Å². The first-order chi connectivity index (χ1) is 21.6. The summed E-state index contributed by atoms with van der Waals surface area (Å²) in [6.07, 6.45) is -0.435. The Morgan fingerprint density at radius 2 is 1.38 bits per heavy atom. The molecule has 45 heavy (non-hydrogen) atoms. The van der Waals surface area contributed by atoms with E-state index in [1.54, 1.807) is 54.7 Å². The van der Waals surface area contributed by atoms with Crippen molar-refractivity contribution >= 4 is 23.2 Å². The highest BCUT2D eigenvalue weighted by Gasteiger charge is 2.29. The van der Waals surface area contributed by atoms with Gasteiger partial charge in [-0.1, -0.05) is 60.7 Å². The number of halogens is 2. The second-order valence-electron chi connectivity index (χ2n) is 11.8. The number of carbonyl (C=O) groups is 1. The van der Waals surface area contributed by atoms with Crippen molar-refractivity contribution in [3.63, 3.8) is 0 Å². The molecule has 2 heterocycles. The zero-order valence-electron chi connectivity index (χ0n) is 26.0. The van der Waals surface area contributed by atoms with Gasteiger partial charge in [0.25, 0.3) is 0 Å². The van der Waals surface area contributed by atoms with Gasteiger partial charge in [0.1, 0.15) is 30.2 Å². The Morgan fingerprint density at radius 1 is 0.822 bits per heavy atom. The van der Waals surface area contributed by atoms with Gasteiger partial charge in [-0.3, -0.25) is 0 Å². The third-order valence-electron chi connectivity index (χ3n) is 7.26. The first-order valence-corrected chi connectivity index (χ1v) is 14.9. The molecular formula is C35H38F2N4O4. The summed E-state index contributed by atoms with van der Waals surface area (Å²) < 4.78 is 48.6. The van der Waals surface area contributed by atoms with Gasteiger partial charge in [0.2, 0.25) is 11.8 Å². The Bertz CT molecular complexity index is 1570. The molecule has 0 N–H and O–H groups in total. The lowest BCUT2D eigenvalue weighted by Gasteiger charge is -2.37. The molecule has 1 aliphatic rings. The van der Waals surface area contributed by atoms with E-state index in [2.05, 4.69) is 4.98 Å². The molecule has 0 saturated carbocycles. The lowest BCUT2D eigenvalue weighted by Crippen LogP contribution is -2.50. The molecule has 1 aliphatic heterocycles. The van der Waals surface area contributed by atoms with Gasteiger partial charge in [0, 0.05) is 45.0 Å². The van der Waals surface area contributed by atoms with Crippen LogP contribution in [-0.2, 0) is 18.0 Å². The summed E-state index contributed by atoms with van der Waals surface area (Å²) in [5, 5.41) is 0. The van der Waals surface area contributed by atoms with Crippen molar-refractivity contribution in [2.45, 2.75) is 39.6 Å². The molecule has 5 rings (SSSR count). The van der Waals surface area contributed by atoms with Gasteiger partial charge in [0.05, 0.1) is 0 Å². The van der Waals surface area contributed by atoms with Crippen LogP contribution in [0.25, 0.3) is 0 Å². The average molecular weight is 617 g/mol. The van der Waals surface area contributed by atoms with Crippen LogP contribution in [0.4, 0.5) is 30.6 Å². The van der Waals surface area contributed by atoms with Crippen LogP contribution in [0.1, 0.15) is 31.9 Å². The Hall–Kier alpha value is -4.86. The lowest BCUT2D eigenvalue weighted by molar-refractivity contribution is 0.0240. The quantitative estimate of drug-likeness (QED) is 0.195. The second-order valence-corrected chi connectivity index (χ2v) is 11.8. The number of ether oxygens (including phenoxy) is 3. The number of amides is 1. The fraction of sp³-hybridized carbons (Fsp3) is 0.314. The highest BCUT2D eigenvalue weighted by atomic mass is 19.1. The number of carbonyl (C=O) groups excluding carboxylic acids is 1. The summed E-state index contributed by atoms with van der Waals surface area (Å²) in [5.74, 6) is -0.789. The van der Waals surface area contributed by atoms with Gasteiger partial charge in [-0.05, 0) is 50.1 Å². The van der Waals surface area contributed by atoms with Gasteiger partial charge >= 0.3 is 6.09 Å². The van der Waals surface area contributed by atoms with E-state index in [-0.39, 0.29) is 37.0 Å². The zero-order valence-corrected chi connectivity index (χ0v) is 26.0. The van der Waals surface area contributed by atoms with Crippen molar-refractivity contribution in [3.8, 4) is 11.8 Å². The number of rotatable bonds is 9. The van der Waals surface area contributed by atoms with Crippen LogP contribution in [0.2, 0.25) is 0 Å². The maximum absolute atomic E-state index is 15.6. The molecule has 0 unspecified atom stereocenters. The normalized spacial score (nSPS) is 13.4. The molecule has 1 amide bonds. The summed E-state index contributed by atoms with van der Waals surface area (Å²) in [6, 6.07) is 25.4. The largest absolute Gasteiger partial charge is 0.473 e. The minimum atomic E-state index is -0.704. The molecule has 4 aromatic rings. The van der Waals surface area contributed by atoms with Crippen LogP contribution in [0.15, 0.2) is 84.9 Å². The monoisotopic (exact) mass is 616 g/mol. The van der Waals surface area contributed by atoms with E-state index in [0.717, 1.165) is 11.1 Å². The molecule has 0 atom stereocenters. The van der Waals surface area contributed by atoms with Crippen LogP contribution in [0.5, 0.6) is 11.8 Å². The maximum Gasteiger partial charge on any atom is 0.410 e. The number of nitrogens with zero attached hydrogens (tertiary/aromatic N) is 4. The molecule has 8 nitrogen and oxygen atoms in total. The molecule has 0 spiro atoms. The van der Waals surface area contributed by atoms with E-state index < -0.39 is 23.3 Å². The molecule has 0 aliphatic carbocycles. The van der Waals surface area contributed by atoms with Gasteiger partial charge in [0.15, 0.2) is 11.6 Å². The second kappa shape index (κ2) is 13.8. The smallest absolute Gasteiger partial charge is 0.410 e. The van der Waals surface area contributed by atoms with Crippen molar-refractivity contribution in [1.82, 2.24) is 9.88 Å². The molecule has 0 bridgehead atoms. The van der Waals surface area contributed by atoms with Crippen LogP contribution >= 0.6 is 0 Å². The molecule has 1 saturated heterocycles. The predicted octanol–water partition coefficient (Wildman–Crippen LogP) is 7.34. The first kappa shape index (κ1) is 31.6. The van der Waals surface area contributed by atoms with Gasteiger partial charge in [-0.2, -0.15) is 4.98 Å². The zero-order chi connectivity index (χ0) is 32.0. The number of anilines is 3. The average Bonchev–Trinajstić information content (AvgIpc) is 3.02. The molecule has 1 aromatic heterocycles. The van der Waals surface area contributed by atoms with Crippen molar-refractivity contribution in [2.24, 2.45) is 0 Å². The Labute approximate surface area is 262 Å². The minimum absolute atomic E-state index is 0.126. The van der Waals surface area contributed by atoms with E-state index in [0.29, 0.717) is 31.3 Å². The molecule has 0 radical (unpaired) electrons. The topological polar surface area (TPSA) is 67.4 Å². The lowest BCUT2D eigenvalue weighted by atomic mass is 10.2. The number of piperazine rings is 1. The number of pyridine rings is 1. The van der Waals surface area contributed by atoms with E-state index in [1.807, 2.05) is 60.7 Å². The molecular weight excluding hydrogens is 578 g/mol. The van der Waals surface area contributed by atoms with E-state index >= 15 is 8.78 Å². The number of aromatic nitrogens is 1. The Balaban J connectivity index is 1.34. The van der Waals surface area contributed by atoms with Crippen molar-refractivity contribution in [2.75, 3.05) is 43.0 Å². The van der Waals surface area contributed by atoms with Crippen molar-refractivity contribution < 1.29 is 27.8 Å². The van der Waals surface area contributed by atoms with Crippen molar-refractivity contribution in [3.05, 3.63) is 108 Å². The van der Waals surface area contributed by atoms with E-state index in [1.165, 1.54) is 12.1 Å². The summed E-state index contributed by atoms with van der Waals surface area (Å²) >= 11 is 0. The van der Waals surface area contributed by atoms with Gasteiger partial charge < -0.3 is 28.9 Å². The van der Waals surface area contributed by atoms with Gasteiger partial charge in [-0.15, -0.1) is 0 Å². The minimum Gasteiger partial charge on any atom is -0.473 e. The fourth-order valence-corrected chi connectivity index (χ4v) is 4.94. The Kier molecular flexibility index (Phi) is 9.71. The first-order valence-electron chi connectivity index (χ1n) is 14.9. The summed E-state index contributed by atoms with van der Waals surface area (Å²) in [6.45, 7) is 7.10. The third-order valence-corrected chi connectivity index (χ3v) is 7.26. The summed E-state index contributed by atoms with van der Waals surface area (Å²) in [5.41, 5.74) is 1.98. The highest BCUT2D eigenvalue weighted by Crippen LogP contribution is 2.37. The summed E-state index contributed by atoms with van der Waals surface area (Å²) in [7, 11) is 1.70. The standard InChI is InChI=1S/C35H38F2N4O4/c1-35(2,3)45-34(42)41-19-17-40(18-20-41)32-28(36)21-27(22-29(32)37)39(4)30-15-16-31(43-23-25-11-7-5-8-12-25)38-33(30)44-24-26-13-9-6-10-14-26/h5-16,21-22H,17-20,23-24H2,1-4H3. The van der Waals surface area contributed by atoms with Crippen LogP contribution < -0.4 is 19.3 Å². The molecule has 1 fully saturated rings. The van der Waals surface area contributed by atoms with Gasteiger partial charge in [-0.25, -0.2) is 13.6 Å². The van der Waals surface area contributed by atoms with Crippen molar-refractivity contribution in [1.29, 1.82) is 0 Å². The highest BCUT2D eigenvalue weighted by molar-refractivity contribution is 5.71. The number of hydrogen-bond donors (Lipinski definition) is 0. The van der Waals surface area contributed by atoms with E-state index in [9.17, 15) is 4.79 Å². The number of hydrogen-bond acceptors (Lipinski definition) is 7. The maximum atomic E-state index is 15.6. The molecule has 236 valence electrons. The summed E-state index contributed by atoms with van der Waals surface area (Å²) in [4.78, 5) is 21.8. The number of benzene rings is 3. The van der Waals surface area contributed by atoms with Crippen LogP contribution in [0.3, 0.4) is 0 Å². The molecule has 10 heteroatoms. The Morgan fingerprint density at radius 3 is 1.93 bits per heavy atom. The predicted molar refractivity (Wildman–Crippen MR) is 170 cm³/mol. The van der Waals surface area contributed by atoms with Crippen LogP contribution in [-0.4, -0.2) is 54.8 Å². The van der Waals surface area contributed by atoms with Crippen LogP contribution in [0, 0.1) is 11.6 Å². The molecule has 3 aromatic carbocycles.